The molecule has 0 radical (unpaired) electrons. The lowest BCUT2D eigenvalue weighted by atomic mass is 10.00. The van der Waals surface area contributed by atoms with Gasteiger partial charge in [0.05, 0.1) is 15.8 Å². The molecule has 3 N–H and O–H groups in total. The Balaban J connectivity index is 3.10. The van der Waals surface area contributed by atoms with Gasteiger partial charge in [0.15, 0.2) is 0 Å². The Kier molecular flexibility index (Phi) is 3.07. The molecular formula is C11H12N2O5S. The van der Waals surface area contributed by atoms with E-state index in [2.05, 4.69) is 9.97 Å². The van der Waals surface area contributed by atoms with Crippen LogP contribution in [-0.4, -0.2) is 22.9 Å². The molecule has 0 amide bonds. The van der Waals surface area contributed by atoms with Crippen molar-refractivity contribution < 1.29 is 13.0 Å². The maximum absolute atomic E-state index is 11.6. The van der Waals surface area contributed by atoms with Gasteiger partial charge in [-0.05, 0) is 18.1 Å². The molecule has 0 saturated heterocycles. The SMILES string of the molecule is CC(C)c1c(S(=O)(=O)O)ccc2c(=O)[nH]c(=O)[nH]c12. The molecule has 102 valence electrons. The molecule has 0 fully saturated rings. The van der Waals surface area contributed by atoms with Crippen LogP contribution in [0.25, 0.3) is 10.9 Å². The van der Waals surface area contributed by atoms with Gasteiger partial charge in [0.1, 0.15) is 0 Å². The summed E-state index contributed by atoms with van der Waals surface area (Å²) in [6.45, 7) is 3.39. The predicted molar refractivity (Wildman–Crippen MR) is 69.1 cm³/mol. The topological polar surface area (TPSA) is 120 Å². The zero-order valence-corrected chi connectivity index (χ0v) is 11.0. The highest BCUT2D eigenvalue weighted by atomic mass is 32.2. The standard InChI is InChI=1S/C11H12N2O5S/c1-5(2)8-7(19(16,17)18)4-3-6-9(8)12-11(15)13-10(6)14/h3-5H,1-2H3,(H,16,17,18)(H2,12,13,14,15). The molecule has 2 aromatic rings. The van der Waals surface area contributed by atoms with Crippen molar-refractivity contribution in [3.8, 4) is 0 Å². The van der Waals surface area contributed by atoms with E-state index in [1.165, 1.54) is 6.07 Å². The second kappa shape index (κ2) is 4.32. The summed E-state index contributed by atoms with van der Waals surface area (Å²) >= 11 is 0. The minimum Gasteiger partial charge on any atom is -0.307 e. The minimum atomic E-state index is -4.43. The molecule has 19 heavy (non-hydrogen) atoms. The number of fused-ring (bicyclic) bond motifs is 1. The van der Waals surface area contributed by atoms with E-state index in [1.54, 1.807) is 13.8 Å². The molecule has 8 heteroatoms. The normalized spacial score (nSPS) is 12.2. The van der Waals surface area contributed by atoms with Crippen LogP contribution in [0.15, 0.2) is 26.6 Å². The summed E-state index contributed by atoms with van der Waals surface area (Å²) < 4.78 is 31.9. The zero-order chi connectivity index (χ0) is 14.4. The molecule has 0 saturated carbocycles. The Morgan fingerprint density at radius 1 is 1.16 bits per heavy atom. The van der Waals surface area contributed by atoms with E-state index in [9.17, 15) is 22.6 Å². The number of aromatic nitrogens is 2. The lowest BCUT2D eigenvalue weighted by molar-refractivity contribution is 0.481. The molecule has 0 spiro atoms. The fourth-order valence-electron chi connectivity index (χ4n) is 2.04. The van der Waals surface area contributed by atoms with E-state index >= 15 is 0 Å². The summed E-state index contributed by atoms with van der Waals surface area (Å²) in [4.78, 5) is 27.1. The summed E-state index contributed by atoms with van der Waals surface area (Å²) in [5.41, 5.74) is -1.00. The lowest BCUT2D eigenvalue weighted by Crippen LogP contribution is -2.23. The van der Waals surface area contributed by atoms with Crippen LogP contribution in [0.1, 0.15) is 25.3 Å². The molecule has 0 aliphatic rings. The van der Waals surface area contributed by atoms with Gasteiger partial charge < -0.3 is 4.98 Å². The molecule has 0 aliphatic carbocycles. The molecule has 0 atom stereocenters. The number of H-pyrrole nitrogens is 2. The van der Waals surface area contributed by atoms with Gasteiger partial charge in [-0.25, -0.2) is 4.79 Å². The highest BCUT2D eigenvalue weighted by Gasteiger charge is 2.21. The number of nitrogens with one attached hydrogen (secondary N) is 2. The van der Waals surface area contributed by atoms with Gasteiger partial charge in [0.2, 0.25) is 0 Å². The monoisotopic (exact) mass is 284 g/mol. The molecule has 2 rings (SSSR count). The minimum absolute atomic E-state index is 0.124. The number of aromatic amines is 2. The Morgan fingerprint density at radius 2 is 1.79 bits per heavy atom. The summed E-state index contributed by atoms with van der Waals surface area (Å²) in [5.74, 6) is -0.307. The largest absolute Gasteiger partial charge is 0.326 e. The maximum atomic E-state index is 11.6. The molecule has 1 aromatic carbocycles. The highest BCUT2D eigenvalue weighted by Crippen LogP contribution is 2.28. The molecule has 0 unspecified atom stereocenters. The lowest BCUT2D eigenvalue weighted by Gasteiger charge is -2.13. The van der Waals surface area contributed by atoms with Gasteiger partial charge in [-0.1, -0.05) is 13.8 Å². The first-order chi connectivity index (χ1) is 8.71. The van der Waals surface area contributed by atoms with E-state index < -0.39 is 21.4 Å². The molecule has 1 aromatic heterocycles. The van der Waals surface area contributed by atoms with E-state index in [0.29, 0.717) is 0 Å². The van der Waals surface area contributed by atoms with Crippen molar-refractivity contribution in [2.24, 2.45) is 0 Å². The van der Waals surface area contributed by atoms with Crippen LogP contribution in [-0.2, 0) is 10.1 Å². The molecule has 0 aliphatic heterocycles. The van der Waals surface area contributed by atoms with E-state index in [0.717, 1.165) is 6.07 Å². The van der Waals surface area contributed by atoms with Crippen molar-refractivity contribution in [3.63, 3.8) is 0 Å². The average Bonchev–Trinajstić information content (AvgIpc) is 2.25. The maximum Gasteiger partial charge on any atom is 0.326 e. The first kappa shape index (κ1) is 13.5. The van der Waals surface area contributed by atoms with Crippen molar-refractivity contribution in [2.45, 2.75) is 24.7 Å². The van der Waals surface area contributed by atoms with Crippen LogP contribution in [0.5, 0.6) is 0 Å². The van der Waals surface area contributed by atoms with Crippen LogP contribution in [0, 0.1) is 0 Å². The van der Waals surface area contributed by atoms with Crippen molar-refractivity contribution in [2.75, 3.05) is 0 Å². The summed E-state index contributed by atoms with van der Waals surface area (Å²) in [6.07, 6.45) is 0. The van der Waals surface area contributed by atoms with Crippen molar-refractivity contribution in [1.29, 1.82) is 0 Å². The molecule has 0 bridgehead atoms. The zero-order valence-electron chi connectivity index (χ0n) is 10.2. The molecular weight excluding hydrogens is 272 g/mol. The van der Waals surface area contributed by atoms with E-state index in [-0.39, 0.29) is 27.3 Å². The van der Waals surface area contributed by atoms with Gasteiger partial charge >= 0.3 is 5.69 Å². The predicted octanol–water partition coefficient (Wildman–Crippen LogP) is 0.587. The van der Waals surface area contributed by atoms with Crippen LogP contribution in [0.3, 0.4) is 0 Å². The van der Waals surface area contributed by atoms with Crippen LogP contribution in [0.2, 0.25) is 0 Å². The smallest absolute Gasteiger partial charge is 0.307 e. The Bertz CT molecular complexity index is 861. The van der Waals surface area contributed by atoms with E-state index in [1.807, 2.05) is 0 Å². The van der Waals surface area contributed by atoms with Gasteiger partial charge in [-0.2, -0.15) is 8.42 Å². The third kappa shape index (κ3) is 2.32. The second-order valence-electron chi connectivity index (χ2n) is 4.44. The third-order valence-electron chi connectivity index (χ3n) is 2.77. The Morgan fingerprint density at radius 3 is 2.32 bits per heavy atom. The van der Waals surface area contributed by atoms with Gasteiger partial charge in [-0.15, -0.1) is 0 Å². The Hall–Kier alpha value is -1.93. The van der Waals surface area contributed by atoms with Crippen molar-refractivity contribution in [3.05, 3.63) is 38.5 Å². The number of benzene rings is 1. The van der Waals surface area contributed by atoms with Crippen LogP contribution in [0.4, 0.5) is 0 Å². The number of rotatable bonds is 2. The Labute approximate surface area is 108 Å². The van der Waals surface area contributed by atoms with Gasteiger partial charge in [0, 0.05) is 5.56 Å². The number of hydrogen-bond donors (Lipinski definition) is 3. The summed E-state index contributed by atoms with van der Waals surface area (Å²) in [5, 5.41) is 0.163. The molecule has 1 heterocycles. The van der Waals surface area contributed by atoms with Crippen molar-refractivity contribution >= 4 is 21.0 Å². The third-order valence-corrected chi connectivity index (χ3v) is 3.68. The van der Waals surface area contributed by atoms with Crippen LogP contribution >= 0.6 is 0 Å². The summed E-state index contributed by atoms with van der Waals surface area (Å²) in [7, 11) is -4.43. The van der Waals surface area contributed by atoms with Crippen molar-refractivity contribution in [1.82, 2.24) is 9.97 Å². The summed E-state index contributed by atoms with van der Waals surface area (Å²) in [6, 6.07) is 2.40. The fraction of sp³-hybridized carbons (Fsp3) is 0.273. The first-order valence-corrected chi connectivity index (χ1v) is 6.92. The first-order valence-electron chi connectivity index (χ1n) is 5.48. The quantitative estimate of drug-likeness (QED) is 0.697. The second-order valence-corrected chi connectivity index (χ2v) is 5.83. The van der Waals surface area contributed by atoms with E-state index in [4.69, 9.17) is 0 Å². The fourth-order valence-corrected chi connectivity index (χ4v) is 2.89. The van der Waals surface area contributed by atoms with Gasteiger partial charge in [0.25, 0.3) is 15.7 Å². The highest BCUT2D eigenvalue weighted by molar-refractivity contribution is 7.85. The van der Waals surface area contributed by atoms with Gasteiger partial charge in [-0.3, -0.25) is 14.3 Å². The average molecular weight is 284 g/mol. The molecule has 7 nitrogen and oxygen atoms in total. The van der Waals surface area contributed by atoms with Crippen LogP contribution < -0.4 is 11.2 Å². The number of hydrogen-bond acceptors (Lipinski definition) is 4.